The van der Waals surface area contributed by atoms with Gasteiger partial charge < -0.3 is 4.74 Å². The van der Waals surface area contributed by atoms with Crippen LogP contribution in [0.3, 0.4) is 0 Å². The molecule has 13 heavy (non-hydrogen) atoms. The molecule has 0 amide bonds. The highest BCUT2D eigenvalue weighted by Crippen LogP contribution is 2.21. The summed E-state index contributed by atoms with van der Waals surface area (Å²) >= 11 is 2.22. The summed E-state index contributed by atoms with van der Waals surface area (Å²) in [7, 11) is 1.65. The molecule has 2 aromatic heterocycles. The standard InChI is InChI=1S/C8H8IN3O/c1-5-10-11-8-3-7(13-2)6(9)4-12(5)8/h3-4H,1-2H3. The SMILES string of the molecule is COc1cc2nnc(C)n2cc1I. The highest BCUT2D eigenvalue weighted by Gasteiger charge is 2.05. The first-order valence-corrected chi connectivity index (χ1v) is 4.85. The van der Waals surface area contributed by atoms with Crippen molar-refractivity contribution in [2.24, 2.45) is 0 Å². The fourth-order valence-corrected chi connectivity index (χ4v) is 1.82. The number of aryl methyl sites for hydroxylation is 1. The van der Waals surface area contributed by atoms with Crippen LogP contribution in [0.2, 0.25) is 0 Å². The van der Waals surface area contributed by atoms with Gasteiger partial charge in [0.2, 0.25) is 0 Å². The summed E-state index contributed by atoms with van der Waals surface area (Å²) in [5.74, 6) is 1.72. The number of pyridine rings is 1. The number of ether oxygens (including phenoxy) is 1. The average molecular weight is 289 g/mol. The maximum absolute atomic E-state index is 5.17. The molecule has 5 heteroatoms. The van der Waals surface area contributed by atoms with Crippen molar-refractivity contribution in [3.63, 3.8) is 0 Å². The Hall–Kier alpha value is -0.850. The Morgan fingerprint density at radius 2 is 2.23 bits per heavy atom. The molecule has 0 aliphatic heterocycles. The van der Waals surface area contributed by atoms with Gasteiger partial charge in [0.05, 0.1) is 10.7 Å². The van der Waals surface area contributed by atoms with Crippen LogP contribution in [-0.4, -0.2) is 21.7 Å². The van der Waals surface area contributed by atoms with Crippen molar-refractivity contribution in [2.75, 3.05) is 7.11 Å². The summed E-state index contributed by atoms with van der Waals surface area (Å²) in [4.78, 5) is 0. The van der Waals surface area contributed by atoms with E-state index in [1.807, 2.05) is 23.6 Å². The second-order valence-corrected chi connectivity index (χ2v) is 3.83. The van der Waals surface area contributed by atoms with Crippen LogP contribution >= 0.6 is 22.6 Å². The molecule has 0 N–H and O–H groups in total. The van der Waals surface area contributed by atoms with E-state index in [2.05, 4.69) is 32.8 Å². The molecular formula is C8H8IN3O. The molecule has 0 atom stereocenters. The first-order valence-electron chi connectivity index (χ1n) is 3.77. The van der Waals surface area contributed by atoms with E-state index < -0.39 is 0 Å². The molecule has 0 aliphatic carbocycles. The first kappa shape index (κ1) is 8.74. The predicted molar refractivity (Wildman–Crippen MR) is 57.0 cm³/mol. The van der Waals surface area contributed by atoms with E-state index in [9.17, 15) is 0 Å². The first-order chi connectivity index (χ1) is 6.22. The average Bonchev–Trinajstić information content (AvgIpc) is 2.47. The van der Waals surface area contributed by atoms with Crippen molar-refractivity contribution in [3.8, 4) is 5.75 Å². The number of rotatable bonds is 1. The van der Waals surface area contributed by atoms with Crippen LogP contribution < -0.4 is 4.74 Å². The molecule has 0 saturated heterocycles. The lowest BCUT2D eigenvalue weighted by Gasteiger charge is -2.03. The van der Waals surface area contributed by atoms with E-state index in [1.165, 1.54) is 0 Å². The Kier molecular flexibility index (Phi) is 2.10. The summed E-state index contributed by atoms with van der Waals surface area (Å²) in [6.07, 6.45) is 1.96. The van der Waals surface area contributed by atoms with Gasteiger partial charge in [-0.25, -0.2) is 0 Å². The van der Waals surface area contributed by atoms with E-state index in [1.54, 1.807) is 7.11 Å². The lowest BCUT2D eigenvalue weighted by Crippen LogP contribution is -1.93. The number of methoxy groups -OCH3 is 1. The molecule has 0 aromatic carbocycles. The van der Waals surface area contributed by atoms with Crippen LogP contribution in [-0.2, 0) is 0 Å². The highest BCUT2D eigenvalue weighted by atomic mass is 127. The predicted octanol–water partition coefficient (Wildman–Crippen LogP) is 1.65. The molecule has 2 rings (SSSR count). The zero-order valence-electron chi connectivity index (χ0n) is 7.28. The topological polar surface area (TPSA) is 39.4 Å². The van der Waals surface area contributed by atoms with Gasteiger partial charge in [0.25, 0.3) is 0 Å². The Morgan fingerprint density at radius 3 is 2.92 bits per heavy atom. The van der Waals surface area contributed by atoms with Crippen molar-refractivity contribution >= 4 is 28.2 Å². The molecule has 0 spiro atoms. The van der Waals surface area contributed by atoms with Crippen molar-refractivity contribution < 1.29 is 4.74 Å². The van der Waals surface area contributed by atoms with Gasteiger partial charge >= 0.3 is 0 Å². The van der Waals surface area contributed by atoms with Crippen LogP contribution in [0, 0.1) is 10.5 Å². The smallest absolute Gasteiger partial charge is 0.164 e. The van der Waals surface area contributed by atoms with Crippen LogP contribution in [0.4, 0.5) is 0 Å². The van der Waals surface area contributed by atoms with Crippen LogP contribution in [0.15, 0.2) is 12.3 Å². The van der Waals surface area contributed by atoms with Gasteiger partial charge in [-0.3, -0.25) is 4.40 Å². The lowest BCUT2D eigenvalue weighted by molar-refractivity contribution is 0.411. The summed E-state index contributed by atoms with van der Waals surface area (Å²) in [6, 6.07) is 1.88. The van der Waals surface area contributed by atoms with Gasteiger partial charge in [-0.2, -0.15) is 0 Å². The maximum atomic E-state index is 5.17. The van der Waals surface area contributed by atoms with Crippen molar-refractivity contribution in [1.82, 2.24) is 14.6 Å². The van der Waals surface area contributed by atoms with E-state index in [4.69, 9.17) is 4.74 Å². The molecule has 0 bridgehead atoms. The molecule has 0 radical (unpaired) electrons. The minimum atomic E-state index is 0.815. The molecule has 4 nitrogen and oxygen atoms in total. The summed E-state index contributed by atoms with van der Waals surface area (Å²) < 4.78 is 8.16. The highest BCUT2D eigenvalue weighted by molar-refractivity contribution is 14.1. The van der Waals surface area contributed by atoms with E-state index in [0.29, 0.717) is 0 Å². The Bertz CT molecular complexity index is 452. The van der Waals surface area contributed by atoms with Crippen LogP contribution in [0.25, 0.3) is 5.65 Å². The second kappa shape index (κ2) is 3.13. The van der Waals surface area contributed by atoms with E-state index in [0.717, 1.165) is 20.8 Å². The summed E-state index contributed by atoms with van der Waals surface area (Å²) in [5, 5.41) is 7.96. The monoisotopic (exact) mass is 289 g/mol. The minimum Gasteiger partial charge on any atom is -0.495 e. The minimum absolute atomic E-state index is 0.815. The van der Waals surface area contributed by atoms with Gasteiger partial charge in [0.15, 0.2) is 5.65 Å². The third-order valence-corrected chi connectivity index (χ3v) is 2.66. The van der Waals surface area contributed by atoms with Crippen molar-refractivity contribution in [1.29, 1.82) is 0 Å². The number of halogens is 1. The number of hydrogen-bond acceptors (Lipinski definition) is 3. The molecule has 0 aliphatic rings. The number of hydrogen-bond donors (Lipinski definition) is 0. The lowest BCUT2D eigenvalue weighted by atomic mass is 10.4. The molecule has 0 fully saturated rings. The van der Waals surface area contributed by atoms with Crippen molar-refractivity contribution in [3.05, 3.63) is 21.7 Å². The quantitative estimate of drug-likeness (QED) is 0.749. The maximum Gasteiger partial charge on any atom is 0.164 e. The zero-order chi connectivity index (χ0) is 9.42. The zero-order valence-corrected chi connectivity index (χ0v) is 9.44. The van der Waals surface area contributed by atoms with Crippen molar-refractivity contribution in [2.45, 2.75) is 6.92 Å². The fraction of sp³-hybridized carbons (Fsp3) is 0.250. The summed E-state index contributed by atoms with van der Waals surface area (Å²) in [6.45, 7) is 1.92. The van der Waals surface area contributed by atoms with E-state index in [-0.39, 0.29) is 0 Å². The third-order valence-electron chi connectivity index (χ3n) is 1.85. The van der Waals surface area contributed by atoms with Crippen LogP contribution in [0.5, 0.6) is 5.75 Å². The number of nitrogens with zero attached hydrogens (tertiary/aromatic N) is 3. The fourth-order valence-electron chi connectivity index (χ4n) is 1.16. The van der Waals surface area contributed by atoms with Gasteiger partial charge in [-0.15, -0.1) is 10.2 Å². The van der Waals surface area contributed by atoms with Gasteiger partial charge in [0.1, 0.15) is 11.6 Å². The second-order valence-electron chi connectivity index (χ2n) is 2.67. The molecule has 2 aromatic rings. The molecule has 0 unspecified atom stereocenters. The van der Waals surface area contributed by atoms with E-state index >= 15 is 0 Å². The van der Waals surface area contributed by atoms with Gasteiger partial charge in [-0.1, -0.05) is 0 Å². The molecule has 0 saturated carbocycles. The number of aromatic nitrogens is 3. The Labute approximate surface area is 89.1 Å². The summed E-state index contributed by atoms with van der Waals surface area (Å²) in [5.41, 5.74) is 0.815. The molecule has 2 heterocycles. The normalized spacial score (nSPS) is 10.7. The molecular weight excluding hydrogens is 281 g/mol. The Morgan fingerprint density at radius 1 is 1.46 bits per heavy atom. The molecule has 68 valence electrons. The van der Waals surface area contributed by atoms with Gasteiger partial charge in [0, 0.05) is 12.3 Å². The van der Waals surface area contributed by atoms with Crippen LogP contribution in [0.1, 0.15) is 5.82 Å². The largest absolute Gasteiger partial charge is 0.495 e. The number of fused-ring (bicyclic) bond motifs is 1. The third kappa shape index (κ3) is 1.37. The van der Waals surface area contributed by atoms with Gasteiger partial charge in [-0.05, 0) is 29.5 Å². The Balaban J connectivity index is 2.76.